The molecule has 2 atom stereocenters. The molecule has 4 rings (SSSR count). The Bertz CT molecular complexity index is 706. The van der Waals surface area contributed by atoms with E-state index in [0.717, 1.165) is 38.4 Å². The van der Waals surface area contributed by atoms with Gasteiger partial charge in [0.2, 0.25) is 0 Å². The van der Waals surface area contributed by atoms with Crippen LogP contribution in [-0.2, 0) is 17.7 Å². The molecule has 0 spiro atoms. The van der Waals surface area contributed by atoms with Gasteiger partial charge < -0.3 is 14.5 Å². The zero-order valence-corrected chi connectivity index (χ0v) is 14.4. The van der Waals surface area contributed by atoms with Crippen molar-refractivity contribution in [2.45, 2.75) is 32.1 Å². The van der Waals surface area contributed by atoms with E-state index in [4.69, 9.17) is 4.74 Å². The third-order valence-electron chi connectivity index (χ3n) is 4.90. The first kappa shape index (κ1) is 15.5. The van der Waals surface area contributed by atoms with Gasteiger partial charge in [-0.1, -0.05) is 30.3 Å². The zero-order valence-electron chi connectivity index (χ0n) is 14.4. The van der Waals surface area contributed by atoms with Crippen molar-refractivity contribution >= 4 is 5.82 Å². The molecule has 126 valence electrons. The fourth-order valence-corrected chi connectivity index (χ4v) is 3.71. The summed E-state index contributed by atoms with van der Waals surface area (Å²) >= 11 is 0. The highest BCUT2D eigenvalue weighted by molar-refractivity contribution is 5.50. The highest BCUT2D eigenvalue weighted by atomic mass is 16.5. The summed E-state index contributed by atoms with van der Waals surface area (Å²) in [5.74, 6) is 1.09. The van der Waals surface area contributed by atoms with Crippen molar-refractivity contribution in [3.8, 4) is 0 Å². The molecular formula is C19H24N4O. The molecule has 0 N–H and O–H groups in total. The first-order valence-corrected chi connectivity index (χ1v) is 8.67. The number of ether oxygens (including phenoxy) is 1. The third-order valence-corrected chi connectivity index (χ3v) is 4.90. The lowest BCUT2D eigenvalue weighted by atomic mass is 10.0. The molecule has 0 bridgehead atoms. The smallest absolute Gasteiger partial charge is 0.136 e. The van der Waals surface area contributed by atoms with Gasteiger partial charge in [-0.25, -0.2) is 9.97 Å². The van der Waals surface area contributed by atoms with Crippen LogP contribution < -0.4 is 4.90 Å². The van der Waals surface area contributed by atoms with Crippen molar-refractivity contribution in [1.29, 1.82) is 0 Å². The topological polar surface area (TPSA) is 41.5 Å². The normalized spacial score (nSPS) is 24.7. The quantitative estimate of drug-likeness (QED) is 0.849. The van der Waals surface area contributed by atoms with E-state index >= 15 is 0 Å². The summed E-state index contributed by atoms with van der Waals surface area (Å²) in [7, 11) is 2.16. The van der Waals surface area contributed by atoms with Crippen molar-refractivity contribution < 1.29 is 4.74 Å². The van der Waals surface area contributed by atoms with E-state index in [1.165, 1.54) is 16.8 Å². The Morgan fingerprint density at radius 2 is 1.96 bits per heavy atom. The first-order valence-electron chi connectivity index (χ1n) is 8.67. The molecule has 0 amide bonds. The lowest BCUT2D eigenvalue weighted by molar-refractivity contribution is -0.0177. The SMILES string of the molecule is C[C@H]1CN(c2ncnc3c2CN(C)CC3)C[C@H](c2ccccc2)O1. The van der Waals surface area contributed by atoms with Crippen LogP contribution in [0, 0.1) is 0 Å². The van der Waals surface area contributed by atoms with Gasteiger partial charge in [-0.2, -0.15) is 0 Å². The van der Waals surface area contributed by atoms with E-state index < -0.39 is 0 Å². The number of benzene rings is 1. The number of hydrogen-bond donors (Lipinski definition) is 0. The lowest BCUT2D eigenvalue weighted by Crippen LogP contribution is -2.44. The third kappa shape index (κ3) is 3.01. The minimum Gasteiger partial charge on any atom is -0.367 e. The maximum Gasteiger partial charge on any atom is 0.136 e. The van der Waals surface area contributed by atoms with Crippen LogP contribution in [0.5, 0.6) is 0 Å². The van der Waals surface area contributed by atoms with Crippen molar-refractivity contribution in [3.63, 3.8) is 0 Å². The predicted octanol–water partition coefficient (Wildman–Crippen LogP) is 2.43. The van der Waals surface area contributed by atoms with Crippen molar-refractivity contribution in [1.82, 2.24) is 14.9 Å². The second-order valence-corrected chi connectivity index (χ2v) is 6.86. The average molecular weight is 324 g/mol. The largest absolute Gasteiger partial charge is 0.367 e. The molecule has 24 heavy (non-hydrogen) atoms. The van der Waals surface area contributed by atoms with Gasteiger partial charge in [-0.3, -0.25) is 0 Å². The zero-order chi connectivity index (χ0) is 16.5. The molecule has 1 aromatic carbocycles. The number of fused-ring (bicyclic) bond motifs is 1. The Morgan fingerprint density at radius 3 is 2.79 bits per heavy atom. The summed E-state index contributed by atoms with van der Waals surface area (Å²) < 4.78 is 6.19. The van der Waals surface area contributed by atoms with Gasteiger partial charge in [-0.05, 0) is 19.5 Å². The summed E-state index contributed by atoms with van der Waals surface area (Å²) in [6.07, 6.45) is 2.98. The maximum absolute atomic E-state index is 6.19. The van der Waals surface area contributed by atoms with Crippen LogP contribution in [0.15, 0.2) is 36.7 Å². The second kappa shape index (κ2) is 6.49. The molecule has 0 unspecified atom stereocenters. The Morgan fingerprint density at radius 1 is 1.12 bits per heavy atom. The van der Waals surface area contributed by atoms with Gasteiger partial charge in [0.1, 0.15) is 18.2 Å². The van der Waals surface area contributed by atoms with Gasteiger partial charge in [0.25, 0.3) is 0 Å². The molecule has 1 saturated heterocycles. The molecule has 5 nitrogen and oxygen atoms in total. The second-order valence-electron chi connectivity index (χ2n) is 6.86. The van der Waals surface area contributed by atoms with Crippen LogP contribution in [0.4, 0.5) is 5.82 Å². The Hall–Kier alpha value is -1.98. The van der Waals surface area contributed by atoms with E-state index in [-0.39, 0.29) is 12.2 Å². The van der Waals surface area contributed by atoms with E-state index in [2.05, 4.69) is 58.0 Å². The van der Waals surface area contributed by atoms with Gasteiger partial charge in [-0.15, -0.1) is 0 Å². The number of rotatable bonds is 2. The summed E-state index contributed by atoms with van der Waals surface area (Å²) in [4.78, 5) is 13.9. The van der Waals surface area contributed by atoms with Crippen LogP contribution in [0.2, 0.25) is 0 Å². The number of aromatic nitrogens is 2. The average Bonchev–Trinajstić information content (AvgIpc) is 2.61. The summed E-state index contributed by atoms with van der Waals surface area (Å²) in [5, 5.41) is 0. The van der Waals surface area contributed by atoms with Gasteiger partial charge in [0.05, 0.1) is 11.8 Å². The van der Waals surface area contributed by atoms with Crippen molar-refractivity contribution in [2.24, 2.45) is 0 Å². The van der Waals surface area contributed by atoms with Crippen LogP contribution in [0.1, 0.15) is 29.8 Å². The fourth-order valence-electron chi connectivity index (χ4n) is 3.71. The highest BCUT2D eigenvalue weighted by Gasteiger charge is 2.30. The first-order chi connectivity index (χ1) is 11.7. The predicted molar refractivity (Wildman–Crippen MR) is 94.0 cm³/mol. The fraction of sp³-hybridized carbons (Fsp3) is 0.474. The van der Waals surface area contributed by atoms with E-state index in [9.17, 15) is 0 Å². The van der Waals surface area contributed by atoms with E-state index in [1.54, 1.807) is 6.33 Å². The number of hydrogen-bond acceptors (Lipinski definition) is 5. The minimum atomic E-state index is 0.0851. The minimum absolute atomic E-state index is 0.0851. The summed E-state index contributed by atoms with van der Waals surface area (Å²) in [6.45, 7) is 5.84. The van der Waals surface area contributed by atoms with Crippen LogP contribution in [0.3, 0.4) is 0 Å². The maximum atomic E-state index is 6.19. The van der Waals surface area contributed by atoms with E-state index in [0.29, 0.717) is 0 Å². The molecule has 2 aliphatic heterocycles. The van der Waals surface area contributed by atoms with Gasteiger partial charge >= 0.3 is 0 Å². The van der Waals surface area contributed by atoms with Gasteiger partial charge in [0.15, 0.2) is 0 Å². The Balaban J connectivity index is 1.64. The number of likely N-dealkylation sites (N-methyl/N-ethyl adjacent to an activating group) is 1. The molecule has 0 radical (unpaired) electrons. The highest BCUT2D eigenvalue weighted by Crippen LogP contribution is 2.31. The number of anilines is 1. The summed E-state index contributed by atoms with van der Waals surface area (Å²) in [6, 6.07) is 10.5. The molecule has 5 heteroatoms. The molecule has 1 aromatic heterocycles. The van der Waals surface area contributed by atoms with Crippen LogP contribution in [0.25, 0.3) is 0 Å². The molecule has 0 aliphatic carbocycles. The Kier molecular flexibility index (Phi) is 4.21. The summed E-state index contributed by atoms with van der Waals surface area (Å²) in [5.41, 5.74) is 3.72. The molecule has 2 aliphatic rings. The van der Waals surface area contributed by atoms with E-state index in [1.807, 2.05) is 6.07 Å². The molecule has 2 aromatic rings. The lowest BCUT2D eigenvalue weighted by Gasteiger charge is -2.39. The van der Waals surface area contributed by atoms with Crippen molar-refractivity contribution in [2.75, 3.05) is 31.6 Å². The molecular weight excluding hydrogens is 300 g/mol. The number of nitrogens with zero attached hydrogens (tertiary/aromatic N) is 4. The van der Waals surface area contributed by atoms with Crippen LogP contribution in [-0.4, -0.2) is 47.7 Å². The monoisotopic (exact) mass is 324 g/mol. The molecule has 1 fully saturated rings. The molecule has 0 saturated carbocycles. The van der Waals surface area contributed by atoms with Crippen LogP contribution >= 0.6 is 0 Å². The molecule has 3 heterocycles. The number of morpholine rings is 1. The Labute approximate surface area is 143 Å². The van der Waals surface area contributed by atoms with Crippen molar-refractivity contribution in [3.05, 3.63) is 53.5 Å². The standard InChI is InChI=1S/C19H24N4O/c1-14-10-23(12-18(24-14)15-6-4-3-5-7-15)19-16-11-22(2)9-8-17(16)20-13-21-19/h3-7,13-14,18H,8-12H2,1-2H3/t14-,18+/m0/s1. The van der Waals surface area contributed by atoms with Gasteiger partial charge in [0, 0.05) is 38.2 Å².